The van der Waals surface area contributed by atoms with Crippen molar-refractivity contribution in [1.29, 1.82) is 0 Å². The highest BCUT2D eigenvalue weighted by atomic mass is 16.5. The molecule has 0 aliphatic carbocycles. The molecule has 1 atom stereocenters. The minimum Gasteiger partial charge on any atom is -0.456 e. The van der Waals surface area contributed by atoms with Crippen molar-refractivity contribution >= 4 is 11.9 Å². The van der Waals surface area contributed by atoms with Crippen LogP contribution in [0.5, 0.6) is 0 Å². The second-order valence-corrected chi connectivity index (χ2v) is 13.8. The number of unbranched alkanes of at least 4 members (excludes halogenated alkanes) is 1. The average molecular weight is 639 g/mol. The number of likely N-dealkylation sites (tertiary alicyclic amines) is 3. The Morgan fingerprint density at radius 1 is 0.978 bits per heavy atom. The number of piperidine rings is 1. The maximum absolute atomic E-state index is 12.2. The van der Waals surface area contributed by atoms with Gasteiger partial charge in [-0.25, -0.2) is 9.97 Å². The average Bonchev–Trinajstić information content (AvgIpc) is 3.90. The van der Waals surface area contributed by atoms with E-state index >= 15 is 0 Å². The van der Waals surface area contributed by atoms with Crippen LogP contribution in [-0.2, 0) is 27.3 Å². The first-order valence-corrected chi connectivity index (χ1v) is 18.1. The van der Waals surface area contributed by atoms with Gasteiger partial charge in [0, 0.05) is 69.8 Å². The maximum Gasteiger partial charge on any atom is 0.306 e. The Labute approximate surface area is 275 Å². The molecule has 1 unspecified atom stereocenters. The molecule has 2 N–H and O–H groups in total. The Hall–Kier alpha value is -2.76. The first-order chi connectivity index (χ1) is 22.5. The Kier molecular flexibility index (Phi) is 13.1. The van der Waals surface area contributed by atoms with Crippen molar-refractivity contribution in [2.75, 3.05) is 59.0 Å². The highest BCUT2D eigenvalue weighted by Gasteiger charge is 2.41. The van der Waals surface area contributed by atoms with Gasteiger partial charge in [-0.1, -0.05) is 13.8 Å². The fourth-order valence-corrected chi connectivity index (χ4v) is 7.85. The van der Waals surface area contributed by atoms with Crippen molar-refractivity contribution < 1.29 is 14.3 Å². The van der Waals surface area contributed by atoms with Crippen LogP contribution in [0.1, 0.15) is 102 Å². The lowest BCUT2D eigenvalue weighted by atomic mass is 9.77. The first kappa shape index (κ1) is 34.6. The summed E-state index contributed by atoms with van der Waals surface area (Å²) in [4.78, 5) is 44.0. The van der Waals surface area contributed by atoms with Gasteiger partial charge >= 0.3 is 5.97 Å². The van der Waals surface area contributed by atoms with Crippen molar-refractivity contribution in [2.24, 2.45) is 5.41 Å². The minimum atomic E-state index is -0.302. The number of aryl methyl sites for hydroxylation is 1. The van der Waals surface area contributed by atoms with Crippen molar-refractivity contribution in [1.82, 2.24) is 39.5 Å². The summed E-state index contributed by atoms with van der Waals surface area (Å²) in [6, 6.07) is 0.770. The monoisotopic (exact) mass is 638 g/mol. The Bertz CT molecular complexity index is 1180. The number of imidazole rings is 2. The smallest absolute Gasteiger partial charge is 0.306 e. The fraction of sp³-hybridized carbons (Fsp3) is 0.771. The van der Waals surface area contributed by atoms with Crippen LogP contribution in [0.3, 0.4) is 0 Å². The number of hydrogen-bond acceptors (Lipinski definition) is 8. The van der Waals surface area contributed by atoms with E-state index in [1.807, 2.05) is 12.4 Å². The molecule has 5 heterocycles. The van der Waals surface area contributed by atoms with Crippen LogP contribution in [0.15, 0.2) is 24.8 Å². The molecular weight excluding hydrogens is 580 g/mol. The van der Waals surface area contributed by atoms with E-state index in [0.717, 1.165) is 82.5 Å². The number of hydrogen-bond donors (Lipinski definition) is 2. The summed E-state index contributed by atoms with van der Waals surface area (Å²) in [5.41, 5.74) is 0.539. The van der Waals surface area contributed by atoms with Crippen LogP contribution in [0.25, 0.3) is 0 Å². The fourth-order valence-electron chi connectivity index (χ4n) is 7.85. The third-order valence-electron chi connectivity index (χ3n) is 10.8. The lowest BCUT2D eigenvalue weighted by Gasteiger charge is -2.42. The number of carbonyl (C=O) groups is 2. The van der Waals surface area contributed by atoms with Crippen LogP contribution < -0.4 is 5.32 Å². The molecule has 3 saturated heterocycles. The molecular formula is C35H58N8O3. The van der Waals surface area contributed by atoms with E-state index < -0.39 is 0 Å². The van der Waals surface area contributed by atoms with E-state index in [4.69, 9.17) is 9.72 Å². The molecule has 1 spiro atoms. The number of nitrogens with one attached hydrogen (secondary N) is 2. The number of ether oxygens (including phenoxy) is 1. The molecule has 1 amide bonds. The van der Waals surface area contributed by atoms with E-state index in [2.05, 4.69) is 49.7 Å². The third-order valence-corrected chi connectivity index (χ3v) is 10.8. The standard InChI is InChI=1S/C35H58N8O3/c1-3-29(4-2)41-23-12-35(13-24-41)11-22-40(28-35)18-9-21-42-25-17-37-31(42)26-30(34-38-15-16-39-34)36-14-6-5-10-33(45)46-27-32(44)43-19-7-8-20-43/h15-17,25,29-30,36H,3-14,18-24,26-28H2,1-2H3,(H,38,39). The quantitative estimate of drug-likeness (QED) is 0.185. The summed E-state index contributed by atoms with van der Waals surface area (Å²) in [6.45, 7) is 14.0. The lowest BCUT2D eigenvalue weighted by Crippen LogP contribution is -2.45. The minimum absolute atomic E-state index is 0.00510. The van der Waals surface area contributed by atoms with Gasteiger partial charge < -0.3 is 34.3 Å². The second kappa shape index (κ2) is 17.4. The lowest BCUT2D eigenvalue weighted by molar-refractivity contribution is -0.151. The summed E-state index contributed by atoms with van der Waals surface area (Å²) in [7, 11) is 0. The maximum atomic E-state index is 12.2. The van der Waals surface area contributed by atoms with Crippen molar-refractivity contribution in [2.45, 2.75) is 110 Å². The number of H-pyrrole nitrogens is 1. The zero-order valence-corrected chi connectivity index (χ0v) is 28.4. The van der Waals surface area contributed by atoms with E-state index in [1.165, 1.54) is 58.3 Å². The highest BCUT2D eigenvalue weighted by Crippen LogP contribution is 2.41. The van der Waals surface area contributed by atoms with Gasteiger partial charge in [0.15, 0.2) is 6.61 Å². The molecule has 0 bridgehead atoms. The predicted octanol–water partition coefficient (Wildman–Crippen LogP) is 4.18. The van der Waals surface area contributed by atoms with Gasteiger partial charge in [0.05, 0.1) is 6.04 Å². The molecule has 11 heteroatoms. The topological polar surface area (TPSA) is 112 Å². The van der Waals surface area contributed by atoms with E-state index in [-0.39, 0.29) is 24.5 Å². The molecule has 46 heavy (non-hydrogen) atoms. The number of aromatic nitrogens is 4. The summed E-state index contributed by atoms with van der Waals surface area (Å²) in [6.07, 6.45) is 20.0. The molecule has 3 aliphatic heterocycles. The molecule has 256 valence electrons. The molecule has 2 aromatic rings. The molecule has 11 nitrogen and oxygen atoms in total. The van der Waals surface area contributed by atoms with E-state index in [1.54, 1.807) is 11.1 Å². The van der Waals surface area contributed by atoms with Crippen molar-refractivity contribution in [3.8, 4) is 0 Å². The van der Waals surface area contributed by atoms with Gasteiger partial charge in [-0.05, 0) is 102 Å². The van der Waals surface area contributed by atoms with Gasteiger partial charge in [0.25, 0.3) is 5.91 Å². The van der Waals surface area contributed by atoms with Gasteiger partial charge in [-0.3, -0.25) is 9.59 Å². The van der Waals surface area contributed by atoms with Crippen LogP contribution in [-0.4, -0.2) is 111 Å². The Morgan fingerprint density at radius 3 is 2.50 bits per heavy atom. The van der Waals surface area contributed by atoms with Crippen molar-refractivity contribution in [3.63, 3.8) is 0 Å². The second-order valence-electron chi connectivity index (χ2n) is 13.8. The summed E-state index contributed by atoms with van der Waals surface area (Å²) in [5.74, 6) is 1.57. The molecule has 0 radical (unpaired) electrons. The normalized spacial score (nSPS) is 19.4. The SMILES string of the molecule is CCC(CC)N1CCC2(CCN(CCCn3ccnc3CC(NCCCCC(=O)OCC(=O)N3CCCC3)c3ncc[nH]3)C2)CC1. The molecule has 3 fully saturated rings. The number of carbonyl (C=O) groups excluding carboxylic acids is 2. The zero-order chi connectivity index (χ0) is 32.2. The van der Waals surface area contributed by atoms with Crippen LogP contribution in [0, 0.1) is 5.41 Å². The van der Waals surface area contributed by atoms with Gasteiger partial charge in [0.1, 0.15) is 11.6 Å². The van der Waals surface area contributed by atoms with Crippen molar-refractivity contribution in [3.05, 3.63) is 36.4 Å². The zero-order valence-electron chi connectivity index (χ0n) is 28.4. The van der Waals surface area contributed by atoms with Crippen LogP contribution >= 0.6 is 0 Å². The van der Waals surface area contributed by atoms with Crippen LogP contribution in [0.2, 0.25) is 0 Å². The Balaban J connectivity index is 1.01. The summed E-state index contributed by atoms with van der Waals surface area (Å²) in [5, 5.41) is 3.63. The third kappa shape index (κ3) is 9.64. The van der Waals surface area contributed by atoms with Crippen LogP contribution in [0.4, 0.5) is 0 Å². The summed E-state index contributed by atoms with van der Waals surface area (Å²) >= 11 is 0. The van der Waals surface area contributed by atoms with Gasteiger partial charge in [0.2, 0.25) is 0 Å². The summed E-state index contributed by atoms with van der Waals surface area (Å²) < 4.78 is 7.52. The van der Waals surface area contributed by atoms with Gasteiger partial charge in [-0.15, -0.1) is 0 Å². The predicted molar refractivity (Wildman–Crippen MR) is 179 cm³/mol. The number of aromatic amines is 1. The number of amides is 1. The van der Waals surface area contributed by atoms with E-state index in [9.17, 15) is 9.59 Å². The van der Waals surface area contributed by atoms with Gasteiger partial charge in [-0.2, -0.15) is 0 Å². The molecule has 2 aromatic heterocycles. The Morgan fingerprint density at radius 2 is 1.76 bits per heavy atom. The first-order valence-electron chi connectivity index (χ1n) is 18.1. The molecule has 0 aromatic carbocycles. The largest absolute Gasteiger partial charge is 0.456 e. The highest BCUT2D eigenvalue weighted by molar-refractivity contribution is 5.80. The number of esters is 1. The number of nitrogens with zero attached hydrogens (tertiary/aromatic N) is 6. The molecule has 3 aliphatic rings. The number of rotatable bonds is 18. The van der Waals surface area contributed by atoms with E-state index in [0.29, 0.717) is 18.3 Å². The molecule has 0 saturated carbocycles. The molecule has 5 rings (SSSR count).